The van der Waals surface area contributed by atoms with Crippen LogP contribution in [0.3, 0.4) is 0 Å². The lowest BCUT2D eigenvalue weighted by molar-refractivity contribution is -0.111. The Morgan fingerprint density at radius 1 is 0.906 bits per heavy atom. The van der Waals surface area contributed by atoms with Crippen molar-refractivity contribution in [3.8, 4) is 0 Å². The van der Waals surface area contributed by atoms with Gasteiger partial charge in [-0.15, -0.1) is 0 Å². The van der Waals surface area contributed by atoms with Gasteiger partial charge in [-0.3, -0.25) is 14.5 Å². The van der Waals surface area contributed by atoms with E-state index in [2.05, 4.69) is 20.0 Å². The number of carbonyl (C=O) groups is 1. The number of amides is 1. The highest BCUT2D eigenvalue weighted by Crippen LogP contribution is 2.18. The highest BCUT2D eigenvalue weighted by molar-refractivity contribution is 7.92. The molecular weight excluding hydrogens is 431 g/mol. The van der Waals surface area contributed by atoms with Crippen molar-refractivity contribution in [3.05, 3.63) is 96.4 Å². The average molecular weight is 448 g/mol. The molecule has 0 radical (unpaired) electrons. The van der Waals surface area contributed by atoms with Gasteiger partial charge in [0.1, 0.15) is 5.82 Å². The Balaban J connectivity index is 1.42. The van der Waals surface area contributed by atoms with E-state index in [1.54, 1.807) is 36.4 Å². The van der Waals surface area contributed by atoms with Crippen molar-refractivity contribution >= 4 is 44.5 Å². The smallest absolute Gasteiger partial charge is 0.263 e. The number of nitrogens with zero attached hydrogens (tertiary/aromatic N) is 2. The molecule has 4 aromatic rings. The summed E-state index contributed by atoms with van der Waals surface area (Å²) in [4.78, 5) is 20.5. The van der Waals surface area contributed by atoms with Crippen LogP contribution in [0.1, 0.15) is 5.56 Å². The second-order valence-electron chi connectivity index (χ2n) is 6.75. The third-order valence-electron chi connectivity index (χ3n) is 4.42. The van der Waals surface area contributed by atoms with E-state index >= 15 is 0 Å². The molecule has 4 rings (SSSR count). The van der Waals surface area contributed by atoms with Crippen molar-refractivity contribution < 1.29 is 17.6 Å². The molecule has 0 saturated heterocycles. The third-order valence-corrected chi connectivity index (χ3v) is 5.79. The number of rotatable bonds is 6. The highest BCUT2D eigenvalue weighted by Gasteiger charge is 2.15. The molecule has 3 aromatic carbocycles. The molecule has 7 nitrogen and oxygen atoms in total. The molecule has 0 aliphatic heterocycles. The van der Waals surface area contributed by atoms with E-state index in [0.717, 1.165) is 0 Å². The van der Waals surface area contributed by atoms with Crippen molar-refractivity contribution in [2.45, 2.75) is 4.90 Å². The summed E-state index contributed by atoms with van der Waals surface area (Å²) >= 11 is 0. The van der Waals surface area contributed by atoms with Crippen LogP contribution in [0.15, 0.2) is 90.0 Å². The number of anilines is 2. The number of hydrogen-bond acceptors (Lipinski definition) is 5. The summed E-state index contributed by atoms with van der Waals surface area (Å²) < 4.78 is 40.6. The van der Waals surface area contributed by atoms with Crippen LogP contribution in [0.4, 0.5) is 15.9 Å². The molecule has 1 heterocycles. The molecular formula is C23H17FN4O3S. The van der Waals surface area contributed by atoms with Crippen molar-refractivity contribution in [1.82, 2.24) is 9.97 Å². The Kier molecular flexibility index (Phi) is 5.91. The Hall–Kier alpha value is -4.11. The number of benzene rings is 3. The number of hydrogen-bond donors (Lipinski definition) is 2. The van der Waals surface area contributed by atoms with E-state index in [4.69, 9.17) is 0 Å². The zero-order valence-electron chi connectivity index (χ0n) is 16.6. The van der Waals surface area contributed by atoms with E-state index in [1.807, 2.05) is 6.07 Å². The molecule has 9 heteroatoms. The summed E-state index contributed by atoms with van der Waals surface area (Å²) in [5.41, 5.74) is 2.32. The molecule has 32 heavy (non-hydrogen) atoms. The summed E-state index contributed by atoms with van der Waals surface area (Å²) in [5.74, 6) is -0.662. The van der Waals surface area contributed by atoms with Gasteiger partial charge < -0.3 is 5.32 Å². The summed E-state index contributed by atoms with van der Waals surface area (Å²) in [6.45, 7) is 0. The van der Waals surface area contributed by atoms with Crippen LogP contribution in [-0.4, -0.2) is 24.3 Å². The lowest BCUT2D eigenvalue weighted by Crippen LogP contribution is -2.14. The van der Waals surface area contributed by atoms with Crippen LogP contribution in [-0.2, 0) is 14.8 Å². The first-order valence-electron chi connectivity index (χ1n) is 9.48. The second kappa shape index (κ2) is 8.94. The standard InChI is InChI=1S/C23H17FN4O3S/c24-17-8-5-16(6-9-17)7-14-23(29)26-18-10-12-19(13-11-18)32(30,31)28-22-15-25-20-3-1-2-4-21(20)27-22/h1-15H,(H,26,29)(H,27,28)/b14-7-. The first-order chi connectivity index (χ1) is 15.4. The fraction of sp³-hybridized carbons (Fsp3) is 0. The van der Waals surface area contributed by atoms with Gasteiger partial charge in [-0.2, -0.15) is 0 Å². The SMILES string of the molecule is O=C(/C=C\c1ccc(F)cc1)Nc1ccc(S(=O)(=O)Nc2cnc3ccccc3n2)cc1. The molecule has 0 saturated carbocycles. The zero-order valence-corrected chi connectivity index (χ0v) is 17.4. The number of halogens is 1. The van der Waals surface area contributed by atoms with Gasteiger partial charge in [-0.25, -0.2) is 17.8 Å². The normalized spacial score (nSPS) is 11.5. The van der Waals surface area contributed by atoms with E-state index in [9.17, 15) is 17.6 Å². The van der Waals surface area contributed by atoms with Crippen LogP contribution in [0.2, 0.25) is 0 Å². The number of fused-ring (bicyclic) bond motifs is 1. The fourth-order valence-corrected chi connectivity index (χ4v) is 3.84. The first kappa shape index (κ1) is 21.1. The molecule has 0 spiro atoms. The van der Waals surface area contributed by atoms with Gasteiger partial charge in [0.25, 0.3) is 10.0 Å². The van der Waals surface area contributed by atoms with Crippen molar-refractivity contribution in [2.24, 2.45) is 0 Å². The van der Waals surface area contributed by atoms with Gasteiger partial charge in [0.15, 0.2) is 5.82 Å². The number of aromatic nitrogens is 2. The Bertz CT molecular complexity index is 1400. The maximum atomic E-state index is 12.9. The predicted molar refractivity (Wildman–Crippen MR) is 121 cm³/mol. The molecule has 0 unspecified atom stereocenters. The zero-order chi connectivity index (χ0) is 22.6. The Labute approximate surface area is 183 Å². The molecule has 160 valence electrons. The monoisotopic (exact) mass is 448 g/mol. The van der Waals surface area contributed by atoms with E-state index < -0.39 is 15.9 Å². The molecule has 1 amide bonds. The maximum absolute atomic E-state index is 12.9. The molecule has 0 fully saturated rings. The molecule has 1 aromatic heterocycles. The quantitative estimate of drug-likeness (QED) is 0.430. The predicted octanol–water partition coefficient (Wildman–Crippen LogP) is 4.22. The van der Waals surface area contributed by atoms with Crippen LogP contribution < -0.4 is 10.0 Å². The minimum absolute atomic E-state index is 0.00677. The van der Waals surface area contributed by atoms with Crippen LogP contribution >= 0.6 is 0 Å². The van der Waals surface area contributed by atoms with E-state index in [1.165, 1.54) is 48.7 Å². The molecule has 2 N–H and O–H groups in total. The van der Waals surface area contributed by atoms with Gasteiger partial charge in [0.05, 0.1) is 22.1 Å². The van der Waals surface area contributed by atoms with Crippen LogP contribution in [0, 0.1) is 5.82 Å². The highest BCUT2D eigenvalue weighted by atomic mass is 32.2. The summed E-state index contributed by atoms with van der Waals surface area (Å²) in [7, 11) is -3.89. The molecule has 0 atom stereocenters. The van der Waals surface area contributed by atoms with Gasteiger partial charge in [0, 0.05) is 11.8 Å². The third kappa shape index (κ3) is 5.13. The second-order valence-corrected chi connectivity index (χ2v) is 8.43. The summed E-state index contributed by atoms with van der Waals surface area (Å²) in [6, 6.07) is 18.5. The summed E-state index contributed by atoms with van der Waals surface area (Å²) in [6.07, 6.45) is 4.20. The van der Waals surface area contributed by atoms with Crippen LogP contribution in [0.25, 0.3) is 17.1 Å². The van der Waals surface area contributed by atoms with Gasteiger partial charge >= 0.3 is 0 Å². The maximum Gasteiger partial charge on any atom is 0.263 e. The average Bonchev–Trinajstić information content (AvgIpc) is 2.79. The minimum Gasteiger partial charge on any atom is -0.323 e. The lowest BCUT2D eigenvalue weighted by Gasteiger charge is -2.09. The minimum atomic E-state index is -3.89. The van der Waals surface area contributed by atoms with Crippen molar-refractivity contribution in [2.75, 3.05) is 10.0 Å². The van der Waals surface area contributed by atoms with E-state index in [-0.39, 0.29) is 16.5 Å². The van der Waals surface area contributed by atoms with Gasteiger partial charge in [0.2, 0.25) is 5.91 Å². The lowest BCUT2D eigenvalue weighted by atomic mass is 10.2. The largest absolute Gasteiger partial charge is 0.323 e. The number of carbonyl (C=O) groups excluding carboxylic acids is 1. The van der Waals surface area contributed by atoms with Gasteiger partial charge in [-0.1, -0.05) is 24.3 Å². The number of nitrogens with one attached hydrogen (secondary N) is 2. The first-order valence-corrected chi connectivity index (χ1v) is 11.0. The molecule has 0 aliphatic carbocycles. The fourth-order valence-electron chi connectivity index (χ4n) is 2.85. The number of para-hydroxylation sites is 2. The van der Waals surface area contributed by atoms with Crippen molar-refractivity contribution in [1.29, 1.82) is 0 Å². The topological polar surface area (TPSA) is 101 Å². The van der Waals surface area contributed by atoms with Crippen LogP contribution in [0.5, 0.6) is 0 Å². The molecule has 0 bridgehead atoms. The van der Waals surface area contributed by atoms with Gasteiger partial charge in [-0.05, 0) is 60.2 Å². The van der Waals surface area contributed by atoms with E-state index in [0.29, 0.717) is 22.3 Å². The Morgan fingerprint density at radius 2 is 1.59 bits per heavy atom. The molecule has 0 aliphatic rings. The summed E-state index contributed by atoms with van der Waals surface area (Å²) in [5, 5.41) is 2.63. The Morgan fingerprint density at radius 3 is 2.31 bits per heavy atom. The number of sulfonamides is 1. The van der Waals surface area contributed by atoms with Crippen molar-refractivity contribution in [3.63, 3.8) is 0 Å².